The van der Waals surface area contributed by atoms with Crippen LogP contribution in [0.3, 0.4) is 0 Å². The average Bonchev–Trinajstić information content (AvgIpc) is 2.32. The number of nitrogens with zero attached hydrogens (tertiary/aromatic N) is 2. The predicted molar refractivity (Wildman–Crippen MR) is 82.6 cm³/mol. The van der Waals surface area contributed by atoms with Crippen LogP contribution < -0.4 is 4.74 Å². The standard InChI is InChI=1S/C14H13Br2FN2O/c1-14(2,3)13-18-11(16)7-12(19-13)20-10-6-8(15)4-5-9(10)17/h4-7H,1-3H3. The van der Waals surface area contributed by atoms with Gasteiger partial charge in [0.1, 0.15) is 10.4 Å². The largest absolute Gasteiger partial charge is 0.436 e. The fraction of sp³-hybridized carbons (Fsp3) is 0.286. The normalized spacial score (nSPS) is 11.5. The van der Waals surface area contributed by atoms with E-state index >= 15 is 0 Å². The van der Waals surface area contributed by atoms with Crippen LogP contribution in [-0.4, -0.2) is 9.97 Å². The molecule has 0 aliphatic carbocycles. The predicted octanol–water partition coefficient (Wildman–Crippen LogP) is 5.23. The lowest BCUT2D eigenvalue weighted by molar-refractivity contribution is 0.416. The van der Waals surface area contributed by atoms with E-state index in [1.807, 2.05) is 20.8 Å². The molecule has 20 heavy (non-hydrogen) atoms. The molecule has 3 nitrogen and oxygen atoms in total. The third-order valence-electron chi connectivity index (χ3n) is 2.45. The lowest BCUT2D eigenvalue weighted by atomic mass is 9.96. The van der Waals surface area contributed by atoms with Crippen molar-refractivity contribution in [2.75, 3.05) is 0 Å². The molecule has 0 N–H and O–H groups in total. The van der Waals surface area contributed by atoms with Crippen LogP contribution in [0.25, 0.3) is 0 Å². The van der Waals surface area contributed by atoms with Gasteiger partial charge in [-0.2, -0.15) is 4.98 Å². The summed E-state index contributed by atoms with van der Waals surface area (Å²) < 4.78 is 20.5. The van der Waals surface area contributed by atoms with Gasteiger partial charge in [-0.05, 0) is 34.1 Å². The SMILES string of the molecule is CC(C)(C)c1nc(Br)cc(Oc2cc(Br)ccc2F)n1. The van der Waals surface area contributed by atoms with Crippen molar-refractivity contribution in [3.05, 3.63) is 45.0 Å². The van der Waals surface area contributed by atoms with E-state index in [1.165, 1.54) is 6.07 Å². The zero-order valence-electron chi connectivity index (χ0n) is 11.2. The van der Waals surface area contributed by atoms with Crippen molar-refractivity contribution in [2.45, 2.75) is 26.2 Å². The number of rotatable bonds is 2. The lowest BCUT2D eigenvalue weighted by Crippen LogP contribution is -2.16. The summed E-state index contributed by atoms with van der Waals surface area (Å²) in [5.74, 6) is 0.594. The molecular weight excluding hydrogens is 391 g/mol. The quantitative estimate of drug-likeness (QED) is 0.644. The summed E-state index contributed by atoms with van der Waals surface area (Å²) in [4.78, 5) is 8.63. The van der Waals surface area contributed by atoms with E-state index in [0.29, 0.717) is 16.3 Å². The zero-order chi connectivity index (χ0) is 14.9. The number of halogens is 3. The third-order valence-corrected chi connectivity index (χ3v) is 3.35. The highest BCUT2D eigenvalue weighted by Gasteiger charge is 2.19. The molecule has 0 amide bonds. The highest BCUT2D eigenvalue weighted by molar-refractivity contribution is 9.10. The first-order valence-corrected chi connectivity index (χ1v) is 7.52. The number of hydrogen-bond donors (Lipinski definition) is 0. The van der Waals surface area contributed by atoms with Crippen LogP contribution in [0.1, 0.15) is 26.6 Å². The van der Waals surface area contributed by atoms with Crippen molar-refractivity contribution < 1.29 is 9.13 Å². The molecule has 0 aliphatic rings. The first kappa shape index (κ1) is 15.4. The molecule has 0 fully saturated rings. The number of benzene rings is 1. The summed E-state index contributed by atoms with van der Waals surface area (Å²) in [6.07, 6.45) is 0. The van der Waals surface area contributed by atoms with E-state index in [0.717, 1.165) is 4.47 Å². The average molecular weight is 404 g/mol. The summed E-state index contributed by atoms with van der Waals surface area (Å²) in [5, 5.41) is 0. The highest BCUT2D eigenvalue weighted by atomic mass is 79.9. The molecule has 106 valence electrons. The first-order valence-electron chi connectivity index (χ1n) is 5.94. The molecule has 1 aromatic carbocycles. The molecule has 1 aromatic heterocycles. The third kappa shape index (κ3) is 3.76. The van der Waals surface area contributed by atoms with Gasteiger partial charge in [0.15, 0.2) is 11.6 Å². The van der Waals surface area contributed by atoms with Gasteiger partial charge in [-0.15, -0.1) is 0 Å². The fourth-order valence-electron chi connectivity index (χ4n) is 1.45. The molecule has 2 rings (SSSR count). The second kappa shape index (κ2) is 5.77. The summed E-state index contributed by atoms with van der Waals surface area (Å²) in [7, 11) is 0. The van der Waals surface area contributed by atoms with Gasteiger partial charge >= 0.3 is 0 Å². The molecule has 6 heteroatoms. The molecule has 0 aliphatic heterocycles. The van der Waals surface area contributed by atoms with Crippen LogP contribution in [0, 0.1) is 5.82 Å². The monoisotopic (exact) mass is 402 g/mol. The summed E-state index contributed by atoms with van der Waals surface area (Å²) >= 11 is 6.60. The Hall–Kier alpha value is -1.01. The second-order valence-electron chi connectivity index (χ2n) is 5.28. The minimum absolute atomic E-state index is 0.116. The van der Waals surface area contributed by atoms with Crippen molar-refractivity contribution in [3.8, 4) is 11.6 Å². The van der Waals surface area contributed by atoms with E-state index in [4.69, 9.17) is 4.74 Å². The zero-order valence-corrected chi connectivity index (χ0v) is 14.4. The van der Waals surface area contributed by atoms with Gasteiger partial charge < -0.3 is 4.74 Å². The molecule has 2 aromatic rings. The van der Waals surface area contributed by atoms with Crippen molar-refractivity contribution in [3.63, 3.8) is 0 Å². The van der Waals surface area contributed by atoms with Crippen molar-refractivity contribution in [1.29, 1.82) is 0 Å². The van der Waals surface area contributed by atoms with Gasteiger partial charge in [-0.1, -0.05) is 36.7 Å². The Labute approximate surface area is 133 Å². The molecule has 0 saturated carbocycles. The van der Waals surface area contributed by atoms with Gasteiger partial charge in [-0.25, -0.2) is 9.37 Å². The maximum atomic E-state index is 13.7. The van der Waals surface area contributed by atoms with Gasteiger partial charge in [0.2, 0.25) is 5.88 Å². The second-order valence-corrected chi connectivity index (χ2v) is 7.01. The first-order chi connectivity index (χ1) is 9.25. The van der Waals surface area contributed by atoms with E-state index in [-0.39, 0.29) is 11.2 Å². The molecule has 0 unspecified atom stereocenters. The fourth-order valence-corrected chi connectivity index (χ4v) is 2.16. The summed E-state index contributed by atoms with van der Waals surface area (Å²) in [6.45, 7) is 5.99. The van der Waals surface area contributed by atoms with Crippen LogP contribution in [-0.2, 0) is 5.41 Å². The summed E-state index contributed by atoms with van der Waals surface area (Å²) in [6, 6.07) is 6.11. The van der Waals surface area contributed by atoms with Crippen LogP contribution >= 0.6 is 31.9 Å². The number of ether oxygens (including phenoxy) is 1. The Morgan fingerprint density at radius 3 is 2.45 bits per heavy atom. The molecule has 0 saturated heterocycles. The molecule has 1 heterocycles. The Morgan fingerprint density at radius 1 is 1.10 bits per heavy atom. The number of hydrogen-bond acceptors (Lipinski definition) is 3. The topological polar surface area (TPSA) is 35.0 Å². The maximum absolute atomic E-state index is 13.7. The van der Waals surface area contributed by atoms with Crippen LogP contribution in [0.2, 0.25) is 0 Å². The van der Waals surface area contributed by atoms with Gasteiger partial charge in [-0.3, -0.25) is 0 Å². The molecule has 0 atom stereocenters. The minimum atomic E-state index is -0.444. The molecule has 0 spiro atoms. The smallest absolute Gasteiger partial charge is 0.223 e. The molecule has 0 radical (unpaired) electrons. The Morgan fingerprint density at radius 2 is 1.80 bits per heavy atom. The van der Waals surface area contributed by atoms with E-state index < -0.39 is 5.82 Å². The Balaban J connectivity index is 2.39. The Bertz CT molecular complexity index is 642. The molecular formula is C14H13Br2FN2O. The van der Waals surface area contributed by atoms with E-state index in [1.54, 1.807) is 18.2 Å². The summed E-state index contributed by atoms with van der Waals surface area (Å²) in [5.41, 5.74) is -0.224. The van der Waals surface area contributed by atoms with Crippen LogP contribution in [0.15, 0.2) is 33.3 Å². The number of aromatic nitrogens is 2. The van der Waals surface area contributed by atoms with Crippen molar-refractivity contribution >= 4 is 31.9 Å². The van der Waals surface area contributed by atoms with Crippen molar-refractivity contribution in [2.24, 2.45) is 0 Å². The van der Waals surface area contributed by atoms with Gasteiger partial charge in [0.25, 0.3) is 0 Å². The van der Waals surface area contributed by atoms with Gasteiger partial charge in [0.05, 0.1) is 0 Å². The van der Waals surface area contributed by atoms with E-state index in [9.17, 15) is 4.39 Å². The highest BCUT2D eigenvalue weighted by Crippen LogP contribution is 2.29. The van der Waals surface area contributed by atoms with E-state index in [2.05, 4.69) is 41.8 Å². The molecule has 0 bridgehead atoms. The van der Waals surface area contributed by atoms with Crippen LogP contribution in [0.5, 0.6) is 11.6 Å². The van der Waals surface area contributed by atoms with Crippen LogP contribution in [0.4, 0.5) is 4.39 Å². The maximum Gasteiger partial charge on any atom is 0.223 e. The van der Waals surface area contributed by atoms with Crippen molar-refractivity contribution in [1.82, 2.24) is 9.97 Å². The Kier molecular flexibility index (Phi) is 4.44. The lowest BCUT2D eigenvalue weighted by Gasteiger charge is -2.17. The minimum Gasteiger partial charge on any atom is -0.436 e. The van der Waals surface area contributed by atoms with Gasteiger partial charge in [0, 0.05) is 16.0 Å².